The number of carbonyl (C=O) groups excluding carboxylic acids is 1. The average Bonchev–Trinajstić information content (AvgIpc) is 3.09. The van der Waals surface area contributed by atoms with Gasteiger partial charge in [-0.15, -0.1) is 11.3 Å². The van der Waals surface area contributed by atoms with Crippen LogP contribution in [0.4, 0.5) is 0 Å². The summed E-state index contributed by atoms with van der Waals surface area (Å²) in [5.74, 6) is -0.146. The highest BCUT2D eigenvalue weighted by molar-refractivity contribution is 7.09. The molecule has 1 atom stereocenters. The summed E-state index contributed by atoms with van der Waals surface area (Å²) in [5.41, 5.74) is 1.98. The molecule has 2 N–H and O–H groups in total. The van der Waals surface area contributed by atoms with E-state index in [1.165, 1.54) is 11.3 Å². The van der Waals surface area contributed by atoms with Crippen LogP contribution < -0.4 is 5.32 Å². The first kappa shape index (κ1) is 11.8. The zero-order chi connectivity index (χ0) is 13.2. The van der Waals surface area contributed by atoms with Gasteiger partial charge in [0, 0.05) is 17.1 Å². The lowest BCUT2D eigenvalue weighted by Gasteiger charge is -2.10. The van der Waals surface area contributed by atoms with Crippen LogP contribution in [0, 0.1) is 0 Å². The Balaban J connectivity index is 1.79. The lowest BCUT2D eigenvalue weighted by atomic mass is 10.2. The van der Waals surface area contributed by atoms with Crippen LogP contribution in [0.2, 0.25) is 0 Å². The fourth-order valence-electron chi connectivity index (χ4n) is 1.77. The zero-order valence-electron chi connectivity index (χ0n) is 10.1. The summed E-state index contributed by atoms with van der Waals surface area (Å²) in [6, 6.07) is 5.10. The van der Waals surface area contributed by atoms with Crippen LogP contribution in [0.5, 0.6) is 0 Å². The standard InChI is InChI=1S/C12H11N5OS/c1-7(12-13-4-5-19-12)14-11(18)8-2-3-9-10(6-8)16-17-15-9/h2-7H,1H3,(H,14,18)(H,15,16,17)/t7-/m1/s1. The Morgan fingerprint density at radius 3 is 3.00 bits per heavy atom. The molecule has 0 aliphatic rings. The molecule has 19 heavy (non-hydrogen) atoms. The molecule has 1 aromatic carbocycles. The first-order chi connectivity index (χ1) is 9.24. The number of benzene rings is 1. The summed E-state index contributed by atoms with van der Waals surface area (Å²) in [5, 5.41) is 16.1. The van der Waals surface area contributed by atoms with Crippen LogP contribution >= 0.6 is 11.3 Å². The minimum absolute atomic E-state index is 0.111. The van der Waals surface area contributed by atoms with E-state index in [0.29, 0.717) is 11.1 Å². The molecule has 96 valence electrons. The van der Waals surface area contributed by atoms with Crippen molar-refractivity contribution >= 4 is 28.3 Å². The van der Waals surface area contributed by atoms with Gasteiger partial charge < -0.3 is 5.32 Å². The molecule has 0 aliphatic heterocycles. The summed E-state index contributed by atoms with van der Waals surface area (Å²) in [6.45, 7) is 1.91. The van der Waals surface area contributed by atoms with Gasteiger partial charge in [0.15, 0.2) is 0 Å². The normalized spacial score (nSPS) is 12.5. The van der Waals surface area contributed by atoms with E-state index in [0.717, 1.165) is 10.5 Å². The van der Waals surface area contributed by atoms with Crippen molar-refractivity contribution in [3.05, 3.63) is 40.3 Å². The Kier molecular flexibility index (Phi) is 2.96. The number of nitrogens with zero attached hydrogens (tertiary/aromatic N) is 3. The highest BCUT2D eigenvalue weighted by Crippen LogP contribution is 2.16. The monoisotopic (exact) mass is 273 g/mol. The number of thiazole rings is 1. The molecule has 0 radical (unpaired) electrons. The second-order valence-electron chi connectivity index (χ2n) is 4.09. The van der Waals surface area contributed by atoms with Gasteiger partial charge in [-0.2, -0.15) is 15.4 Å². The number of hydrogen-bond donors (Lipinski definition) is 2. The summed E-state index contributed by atoms with van der Waals surface area (Å²) < 4.78 is 0. The second kappa shape index (κ2) is 4.77. The van der Waals surface area contributed by atoms with Gasteiger partial charge in [-0.25, -0.2) is 4.98 Å². The summed E-state index contributed by atoms with van der Waals surface area (Å²) in [6.07, 6.45) is 1.73. The van der Waals surface area contributed by atoms with E-state index in [4.69, 9.17) is 0 Å². The van der Waals surface area contributed by atoms with Gasteiger partial charge in [-0.1, -0.05) is 0 Å². The zero-order valence-corrected chi connectivity index (χ0v) is 10.9. The maximum absolute atomic E-state index is 12.1. The first-order valence-electron chi connectivity index (χ1n) is 5.75. The fraction of sp³-hybridized carbons (Fsp3) is 0.167. The van der Waals surface area contributed by atoms with Crippen LogP contribution in [0.15, 0.2) is 29.8 Å². The van der Waals surface area contributed by atoms with E-state index in [1.54, 1.807) is 24.4 Å². The van der Waals surface area contributed by atoms with Gasteiger partial charge >= 0.3 is 0 Å². The molecule has 0 unspecified atom stereocenters. The molecule has 0 fully saturated rings. The van der Waals surface area contributed by atoms with Gasteiger partial charge in [0.05, 0.1) is 6.04 Å². The Labute approximate surface area is 112 Å². The van der Waals surface area contributed by atoms with Crippen LogP contribution in [-0.2, 0) is 0 Å². The molecule has 6 nitrogen and oxygen atoms in total. The number of aromatic nitrogens is 4. The van der Waals surface area contributed by atoms with Crippen molar-refractivity contribution in [3.8, 4) is 0 Å². The lowest BCUT2D eigenvalue weighted by molar-refractivity contribution is 0.0940. The predicted molar refractivity (Wildman–Crippen MR) is 71.9 cm³/mol. The summed E-state index contributed by atoms with van der Waals surface area (Å²) in [7, 11) is 0. The molecular weight excluding hydrogens is 262 g/mol. The number of fused-ring (bicyclic) bond motifs is 1. The van der Waals surface area contributed by atoms with Gasteiger partial charge in [-0.05, 0) is 25.1 Å². The van der Waals surface area contributed by atoms with E-state index in [-0.39, 0.29) is 11.9 Å². The Morgan fingerprint density at radius 2 is 2.21 bits per heavy atom. The number of amides is 1. The van der Waals surface area contributed by atoms with Crippen molar-refractivity contribution in [1.29, 1.82) is 0 Å². The quantitative estimate of drug-likeness (QED) is 0.763. The minimum Gasteiger partial charge on any atom is -0.343 e. The number of carbonyl (C=O) groups is 1. The smallest absolute Gasteiger partial charge is 0.251 e. The van der Waals surface area contributed by atoms with Crippen molar-refractivity contribution in [2.24, 2.45) is 0 Å². The van der Waals surface area contributed by atoms with E-state index < -0.39 is 0 Å². The predicted octanol–water partition coefficient (Wildman–Crippen LogP) is 1.91. The van der Waals surface area contributed by atoms with Gasteiger partial charge in [0.25, 0.3) is 5.91 Å². The summed E-state index contributed by atoms with van der Waals surface area (Å²) in [4.78, 5) is 16.3. The van der Waals surface area contributed by atoms with Gasteiger partial charge in [0.2, 0.25) is 0 Å². The van der Waals surface area contributed by atoms with Crippen LogP contribution in [0.3, 0.4) is 0 Å². The number of rotatable bonds is 3. The Bertz CT molecular complexity index is 706. The number of H-pyrrole nitrogens is 1. The largest absolute Gasteiger partial charge is 0.343 e. The number of nitrogens with one attached hydrogen (secondary N) is 2. The number of aromatic amines is 1. The SMILES string of the molecule is C[C@@H](NC(=O)c1ccc2n[nH]nc2c1)c1nccs1. The molecule has 0 aliphatic carbocycles. The Morgan fingerprint density at radius 1 is 1.37 bits per heavy atom. The van der Waals surface area contributed by atoms with Crippen molar-refractivity contribution in [3.63, 3.8) is 0 Å². The third kappa shape index (κ3) is 2.32. The van der Waals surface area contributed by atoms with E-state index >= 15 is 0 Å². The molecule has 2 heterocycles. The topological polar surface area (TPSA) is 83.6 Å². The highest BCUT2D eigenvalue weighted by atomic mass is 32.1. The van der Waals surface area contributed by atoms with Crippen molar-refractivity contribution in [1.82, 2.24) is 25.7 Å². The van der Waals surface area contributed by atoms with Crippen LogP contribution in [0.1, 0.15) is 28.3 Å². The molecule has 7 heteroatoms. The lowest BCUT2D eigenvalue weighted by Crippen LogP contribution is -2.26. The molecule has 0 saturated carbocycles. The van der Waals surface area contributed by atoms with Crippen molar-refractivity contribution < 1.29 is 4.79 Å². The molecular formula is C12H11N5OS. The molecule has 0 bridgehead atoms. The van der Waals surface area contributed by atoms with E-state index in [9.17, 15) is 4.79 Å². The minimum atomic E-state index is -0.146. The molecule has 0 spiro atoms. The van der Waals surface area contributed by atoms with Crippen molar-refractivity contribution in [2.75, 3.05) is 0 Å². The van der Waals surface area contributed by atoms with Gasteiger partial charge in [0.1, 0.15) is 16.0 Å². The summed E-state index contributed by atoms with van der Waals surface area (Å²) >= 11 is 1.52. The number of hydrogen-bond acceptors (Lipinski definition) is 5. The first-order valence-corrected chi connectivity index (χ1v) is 6.63. The molecule has 1 amide bonds. The highest BCUT2D eigenvalue weighted by Gasteiger charge is 2.14. The third-order valence-electron chi connectivity index (χ3n) is 2.75. The van der Waals surface area contributed by atoms with Crippen LogP contribution in [0.25, 0.3) is 11.0 Å². The van der Waals surface area contributed by atoms with E-state index in [2.05, 4.69) is 25.7 Å². The van der Waals surface area contributed by atoms with Crippen LogP contribution in [-0.4, -0.2) is 26.3 Å². The third-order valence-corrected chi connectivity index (χ3v) is 3.71. The Hall–Kier alpha value is -2.28. The van der Waals surface area contributed by atoms with Gasteiger partial charge in [-0.3, -0.25) is 4.79 Å². The van der Waals surface area contributed by atoms with Crippen molar-refractivity contribution in [2.45, 2.75) is 13.0 Å². The molecule has 3 rings (SSSR count). The fourth-order valence-corrected chi connectivity index (χ4v) is 2.42. The second-order valence-corrected chi connectivity index (χ2v) is 5.02. The molecule has 2 aromatic heterocycles. The van der Waals surface area contributed by atoms with E-state index in [1.807, 2.05) is 12.3 Å². The maximum Gasteiger partial charge on any atom is 0.251 e. The molecule has 3 aromatic rings. The maximum atomic E-state index is 12.1. The molecule has 0 saturated heterocycles. The average molecular weight is 273 g/mol.